The SMILES string of the molecule is COC(C)OC.N#CC(C=O)Cc1ccccc1. The fraction of sp³-hybridized carbons (Fsp3) is 0.429. The number of nitrogens with zero attached hydrogens (tertiary/aromatic N) is 1. The van der Waals surface area contributed by atoms with Gasteiger partial charge in [-0.25, -0.2) is 0 Å². The summed E-state index contributed by atoms with van der Waals surface area (Å²) in [5.74, 6) is -0.507. The Hall–Kier alpha value is -1.70. The first kappa shape index (κ1) is 16.3. The second-order valence-electron chi connectivity index (χ2n) is 3.60. The van der Waals surface area contributed by atoms with Crippen molar-refractivity contribution in [3.05, 3.63) is 35.9 Å². The van der Waals surface area contributed by atoms with E-state index in [-0.39, 0.29) is 6.29 Å². The lowest BCUT2D eigenvalue weighted by atomic mass is 10.0. The lowest BCUT2D eigenvalue weighted by Crippen LogP contribution is -2.05. The first-order chi connectivity index (χ1) is 8.67. The number of aldehydes is 1. The summed E-state index contributed by atoms with van der Waals surface area (Å²) in [6.45, 7) is 1.83. The summed E-state index contributed by atoms with van der Waals surface area (Å²) in [4.78, 5) is 10.3. The lowest BCUT2D eigenvalue weighted by molar-refractivity contribution is -0.109. The fourth-order valence-corrected chi connectivity index (χ4v) is 1.09. The molecule has 0 heterocycles. The first-order valence-electron chi connectivity index (χ1n) is 5.62. The molecule has 0 bridgehead atoms. The van der Waals surface area contributed by atoms with Gasteiger partial charge in [0.1, 0.15) is 12.2 Å². The molecule has 1 unspecified atom stereocenters. The van der Waals surface area contributed by atoms with E-state index in [1.54, 1.807) is 14.2 Å². The molecule has 1 rings (SSSR count). The molecule has 0 amide bonds. The van der Waals surface area contributed by atoms with Crippen LogP contribution in [0.5, 0.6) is 0 Å². The molecule has 0 aliphatic rings. The molecule has 98 valence electrons. The smallest absolute Gasteiger partial charge is 0.154 e. The summed E-state index contributed by atoms with van der Waals surface area (Å²) < 4.78 is 9.35. The topological polar surface area (TPSA) is 59.3 Å². The Kier molecular flexibility index (Phi) is 9.47. The van der Waals surface area contributed by atoms with E-state index in [4.69, 9.17) is 5.26 Å². The van der Waals surface area contributed by atoms with Gasteiger partial charge in [-0.15, -0.1) is 0 Å². The van der Waals surface area contributed by atoms with E-state index in [0.717, 1.165) is 5.56 Å². The Bertz CT molecular complexity index is 355. The average Bonchev–Trinajstić information content (AvgIpc) is 2.45. The largest absolute Gasteiger partial charge is 0.356 e. The normalized spacial score (nSPS) is 11.1. The first-order valence-corrected chi connectivity index (χ1v) is 5.62. The fourth-order valence-electron chi connectivity index (χ4n) is 1.09. The summed E-state index contributed by atoms with van der Waals surface area (Å²) >= 11 is 0. The van der Waals surface area contributed by atoms with Crippen LogP contribution in [0.1, 0.15) is 12.5 Å². The van der Waals surface area contributed by atoms with Crippen molar-refractivity contribution in [1.82, 2.24) is 0 Å². The zero-order chi connectivity index (χ0) is 13.8. The highest BCUT2D eigenvalue weighted by molar-refractivity contribution is 5.58. The van der Waals surface area contributed by atoms with E-state index in [9.17, 15) is 4.79 Å². The number of hydrogen-bond acceptors (Lipinski definition) is 4. The van der Waals surface area contributed by atoms with Crippen LogP contribution in [-0.4, -0.2) is 26.8 Å². The quantitative estimate of drug-likeness (QED) is 0.593. The zero-order valence-electron chi connectivity index (χ0n) is 11.0. The molecule has 4 heteroatoms. The van der Waals surface area contributed by atoms with Crippen LogP contribution >= 0.6 is 0 Å². The predicted octanol–water partition coefficient (Wildman–Crippen LogP) is 2.19. The third-order valence-corrected chi connectivity index (χ3v) is 2.29. The van der Waals surface area contributed by atoms with Crippen LogP contribution in [0.3, 0.4) is 0 Å². The molecule has 0 aliphatic carbocycles. The Balaban J connectivity index is 0.000000411. The molecular formula is C14H19NO3. The van der Waals surface area contributed by atoms with E-state index >= 15 is 0 Å². The predicted molar refractivity (Wildman–Crippen MR) is 68.8 cm³/mol. The molecule has 1 aromatic carbocycles. The van der Waals surface area contributed by atoms with Crippen molar-refractivity contribution < 1.29 is 14.3 Å². The van der Waals surface area contributed by atoms with Gasteiger partial charge in [0.15, 0.2) is 6.29 Å². The molecule has 0 spiro atoms. The molecule has 0 fully saturated rings. The Morgan fingerprint density at radius 1 is 1.28 bits per heavy atom. The van der Waals surface area contributed by atoms with E-state index in [0.29, 0.717) is 12.7 Å². The van der Waals surface area contributed by atoms with Gasteiger partial charge in [0, 0.05) is 14.2 Å². The summed E-state index contributed by atoms with van der Waals surface area (Å²) in [7, 11) is 3.21. The lowest BCUT2D eigenvalue weighted by Gasteiger charge is -2.03. The Morgan fingerprint density at radius 3 is 2.17 bits per heavy atom. The number of benzene rings is 1. The van der Waals surface area contributed by atoms with Crippen LogP contribution in [0, 0.1) is 17.2 Å². The van der Waals surface area contributed by atoms with Gasteiger partial charge in [0.2, 0.25) is 0 Å². The van der Waals surface area contributed by atoms with Crippen LogP contribution in [0.4, 0.5) is 0 Å². The van der Waals surface area contributed by atoms with Crippen LogP contribution in [-0.2, 0) is 20.7 Å². The number of nitriles is 1. The number of carbonyl (C=O) groups is 1. The zero-order valence-corrected chi connectivity index (χ0v) is 11.0. The van der Waals surface area contributed by atoms with Crippen LogP contribution < -0.4 is 0 Å². The van der Waals surface area contributed by atoms with Gasteiger partial charge in [0.25, 0.3) is 0 Å². The summed E-state index contributed by atoms with van der Waals surface area (Å²) in [5.41, 5.74) is 1.02. The summed E-state index contributed by atoms with van der Waals surface area (Å²) in [6, 6.07) is 11.5. The highest BCUT2D eigenvalue weighted by Gasteiger charge is 2.05. The van der Waals surface area contributed by atoms with Crippen molar-refractivity contribution >= 4 is 6.29 Å². The number of carbonyl (C=O) groups excluding carboxylic acids is 1. The highest BCUT2D eigenvalue weighted by atomic mass is 16.7. The van der Waals surface area contributed by atoms with Crippen molar-refractivity contribution in [2.75, 3.05) is 14.2 Å². The van der Waals surface area contributed by atoms with Crippen LogP contribution in [0.25, 0.3) is 0 Å². The Morgan fingerprint density at radius 2 is 1.83 bits per heavy atom. The molecule has 1 aromatic rings. The average molecular weight is 249 g/mol. The second-order valence-corrected chi connectivity index (χ2v) is 3.60. The molecule has 18 heavy (non-hydrogen) atoms. The molecule has 0 saturated carbocycles. The maximum atomic E-state index is 10.3. The van der Waals surface area contributed by atoms with Crippen molar-refractivity contribution in [3.8, 4) is 6.07 Å². The summed E-state index contributed by atoms with van der Waals surface area (Å²) in [5, 5.41) is 8.51. The van der Waals surface area contributed by atoms with Gasteiger partial charge in [0.05, 0.1) is 6.07 Å². The maximum absolute atomic E-state index is 10.3. The van der Waals surface area contributed by atoms with Crippen molar-refractivity contribution in [1.29, 1.82) is 5.26 Å². The summed E-state index contributed by atoms with van der Waals surface area (Å²) in [6.07, 6.45) is 1.14. The Labute approximate surface area is 108 Å². The molecule has 0 aromatic heterocycles. The van der Waals surface area contributed by atoms with Crippen molar-refractivity contribution in [2.45, 2.75) is 19.6 Å². The van der Waals surface area contributed by atoms with Gasteiger partial charge in [-0.2, -0.15) is 5.26 Å². The van der Waals surface area contributed by atoms with E-state index in [1.807, 2.05) is 43.3 Å². The minimum absolute atomic E-state index is 0.0648. The molecule has 0 saturated heterocycles. The monoisotopic (exact) mass is 249 g/mol. The number of hydrogen-bond donors (Lipinski definition) is 0. The molecule has 0 N–H and O–H groups in total. The number of ether oxygens (including phenoxy) is 2. The maximum Gasteiger partial charge on any atom is 0.154 e. The van der Waals surface area contributed by atoms with Gasteiger partial charge in [-0.3, -0.25) is 0 Å². The van der Waals surface area contributed by atoms with E-state index < -0.39 is 5.92 Å². The molecule has 0 aliphatic heterocycles. The highest BCUT2D eigenvalue weighted by Crippen LogP contribution is 2.05. The standard InChI is InChI=1S/C10H9NO.C4H10O2/c11-7-10(8-12)6-9-4-2-1-3-5-9;1-4(5-2)6-3/h1-5,8,10H,6H2;4H,1-3H3. The van der Waals surface area contributed by atoms with E-state index in [1.165, 1.54) is 0 Å². The van der Waals surface area contributed by atoms with Gasteiger partial charge in [-0.05, 0) is 18.9 Å². The number of methoxy groups -OCH3 is 2. The van der Waals surface area contributed by atoms with Gasteiger partial charge in [-0.1, -0.05) is 30.3 Å². The minimum Gasteiger partial charge on any atom is -0.356 e. The third-order valence-electron chi connectivity index (χ3n) is 2.29. The van der Waals surface area contributed by atoms with Crippen molar-refractivity contribution in [2.24, 2.45) is 5.92 Å². The number of rotatable bonds is 5. The van der Waals surface area contributed by atoms with Crippen molar-refractivity contribution in [3.63, 3.8) is 0 Å². The van der Waals surface area contributed by atoms with Crippen LogP contribution in [0.15, 0.2) is 30.3 Å². The van der Waals surface area contributed by atoms with E-state index in [2.05, 4.69) is 9.47 Å². The van der Waals surface area contributed by atoms with Gasteiger partial charge < -0.3 is 14.3 Å². The third kappa shape index (κ3) is 7.55. The molecular weight excluding hydrogens is 230 g/mol. The molecule has 4 nitrogen and oxygen atoms in total. The molecule has 0 radical (unpaired) electrons. The van der Waals surface area contributed by atoms with Gasteiger partial charge >= 0.3 is 0 Å². The second kappa shape index (κ2) is 10.5. The van der Waals surface area contributed by atoms with Crippen LogP contribution in [0.2, 0.25) is 0 Å². The molecule has 1 atom stereocenters. The minimum atomic E-state index is -0.507.